The first-order chi connectivity index (χ1) is 9.58. The van der Waals surface area contributed by atoms with Crippen molar-refractivity contribution in [3.05, 3.63) is 10.6 Å². The van der Waals surface area contributed by atoms with Gasteiger partial charge in [0.25, 0.3) is 0 Å². The molecule has 0 aromatic heterocycles. The number of carbonyl (C=O) groups is 1. The molecule has 0 bridgehead atoms. The van der Waals surface area contributed by atoms with Crippen LogP contribution in [0.3, 0.4) is 0 Å². The number of hydrogen-bond acceptors (Lipinski definition) is 4. The van der Waals surface area contributed by atoms with Gasteiger partial charge in [-0.3, -0.25) is 4.79 Å². The van der Waals surface area contributed by atoms with Crippen LogP contribution in [-0.4, -0.2) is 25.5 Å². The molecular formula is C14H19N4OS+. The number of piperidine rings is 1. The maximum absolute atomic E-state index is 12.0. The molecule has 106 valence electrons. The Morgan fingerprint density at radius 3 is 2.60 bits per heavy atom. The highest BCUT2D eigenvalue weighted by Gasteiger charge is 2.53. The molecule has 6 heteroatoms. The lowest BCUT2D eigenvalue weighted by atomic mass is 9.63. The van der Waals surface area contributed by atoms with Crippen molar-refractivity contribution in [2.45, 2.75) is 26.2 Å². The summed E-state index contributed by atoms with van der Waals surface area (Å²) >= 11 is 4.23. The molecule has 2 rings (SSSR count). The summed E-state index contributed by atoms with van der Waals surface area (Å²) in [6.45, 7) is 5.03. The number of nitrogens with one attached hydrogen (secondary N) is 2. The molecule has 2 heterocycles. The van der Waals surface area contributed by atoms with Gasteiger partial charge in [-0.05, 0) is 6.42 Å². The van der Waals surface area contributed by atoms with E-state index < -0.39 is 11.3 Å². The van der Waals surface area contributed by atoms with E-state index in [2.05, 4.69) is 37.0 Å². The number of carbonyl (C=O) groups excluding carboxylic acids is 1. The molecule has 1 fully saturated rings. The minimum absolute atomic E-state index is 0.322. The summed E-state index contributed by atoms with van der Waals surface area (Å²) in [7, 11) is 0. The van der Waals surface area contributed by atoms with Crippen LogP contribution in [0.15, 0.2) is 10.6 Å². The first kappa shape index (κ1) is 14.9. The van der Waals surface area contributed by atoms with Crippen LogP contribution >= 0.6 is 12.6 Å². The summed E-state index contributed by atoms with van der Waals surface area (Å²) < 4.78 is 0. The third-order valence-electron chi connectivity index (χ3n) is 4.48. The quantitative estimate of drug-likeness (QED) is 0.626. The Kier molecular flexibility index (Phi) is 4.37. The predicted molar refractivity (Wildman–Crippen MR) is 76.4 cm³/mol. The molecular weight excluding hydrogens is 272 g/mol. The Labute approximate surface area is 124 Å². The third kappa shape index (κ3) is 2.30. The van der Waals surface area contributed by atoms with Gasteiger partial charge >= 0.3 is 0 Å². The van der Waals surface area contributed by atoms with Gasteiger partial charge in [0.05, 0.1) is 42.4 Å². The minimum Gasteiger partial charge on any atom is -0.335 e. The van der Waals surface area contributed by atoms with Crippen molar-refractivity contribution in [3.63, 3.8) is 0 Å². The molecule has 0 radical (unpaired) electrons. The lowest BCUT2D eigenvalue weighted by Gasteiger charge is -2.44. The van der Waals surface area contributed by atoms with Crippen molar-refractivity contribution in [1.29, 1.82) is 10.5 Å². The van der Waals surface area contributed by atoms with E-state index >= 15 is 0 Å². The van der Waals surface area contributed by atoms with Crippen LogP contribution in [0.25, 0.3) is 0 Å². The highest BCUT2D eigenvalue weighted by molar-refractivity contribution is 7.84. The van der Waals surface area contributed by atoms with Gasteiger partial charge in [-0.1, -0.05) is 6.92 Å². The number of allylic oxidation sites excluding steroid dienone is 1. The van der Waals surface area contributed by atoms with Crippen LogP contribution in [0.1, 0.15) is 26.2 Å². The Balaban J connectivity index is 2.35. The number of nitriles is 2. The van der Waals surface area contributed by atoms with Crippen molar-refractivity contribution in [2.24, 2.45) is 11.3 Å². The smallest absolute Gasteiger partial charge is 0.243 e. The number of thiol groups is 1. The molecule has 2 aliphatic heterocycles. The van der Waals surface area contributed by atoms with Crippen LogP contribution in [0, 0.1) is 34.0 Å². The van der Waals surface area contributed by atoms with Gasteiger partial charge in [-0.2, -0.15) is 10.5 Å². The average molecular weight is 291 g/mol. The molecule has 1 saturated heterocycles. The molecule has 2 N–H and O–H groups in total. The fourth-order valence-electron chi connectivity index (χ4n) is 3.42. The second-order valence-corrected chi connectivity index (χ2v) is 5.99. The molecule has 0 saturated carbocycles. The van der Waals surface area contributed by atoms with Gasteiger partial charge in [0, 0.05) is 18.3 Å². The monoisotopic (exact) mass is 291 g/mol. The number of amides is 1. The lowest BCUT2D eigenvalue weighted by Crippen LogP contribution is -3.13. The molecule has 0 aliphatic carbocycles. The van der Waals surface area contributed by atoms with Gasteiger partial charge in [0.15, 0.2) is 0 Å². The first-order valence-corrected chi connectivity index (χ1v) is 7.41. The third-order valence-corrected chi connectivity index (χ3v) is 4.82. The van der Waals surface area contributed by atoms with Gasteiger partial charge in [0.1, 0.15) is 5.92 Å². The van der Waals surface area contributed by atoms with Gasteiger partial charge < -0.3 is 10.2 Å². The number of likely N-dealkylation sites (tertiary alicyclic amines) is 1. The SMILES string of the molecule is CCC[NH+]1CCC2(CC1)C(C#N)=C(S)NC(=O)[C@H]2C#N. The second-order valence-electron chi connectivity index (χ2n) is 5.54. The van der Waals surface area contributed by atoms with E-state index in [1.165, 1.54) is 4.90 Å². The number of rotatable bonds is 2. The molecule has 2 aliphatic rings. The summed E-state index contributed by atoms with van der Waals surface area (Å²) in [5, 5.41) is 21.7. The molecule has 0 aromatic rings. The summed E-state index contributed by atoms with van der Waals surface area (Å²) in [5.41, 5.74) is -0.164. The minimum atomic E-state index is -0.781. The highest BCUT2D eigenvalue weighted by Crippen LogP contribution is 2.46. The molecule has 5 nitrogen and oxygen atoms in total. The number of hydrogen-bond donors (Lipinski definition) is 3. The Morgan fingerprint density at radius 2 is 2.10 bits per heavy atom. The van der Waals surface area contributed by atoms with Gasteiger partial charge in [-0.15, -0.1) is 12.6 Å². The molecule has 1 spiro atoms. The summed E-state index contributed by atoms with van der Waals surface area (Å²) in [6, 6.07) is 4.28. The predicted octanol–water partition coefficient (Wildman–Crippen LogP) is -0.00394. The lowest BCUT2D eigenvalue weighted by molar-refractivity contribution is -0.907. The van der Waals surface area contributed by atoms with Crippen molar-refractivity contribution >= 4 is 18.5 Å². The first-order valence-electron chi connectivity index (χ1n) is 6.97. The summed E-state index contributed by atoms with van der Waals surface area (Å²) in [5.74, 6) is -1.10. The van der Waals surface area contributed by atoms with Crippen LogP contribution in [-0.2, 0) is 4.79 Å². The standard InChI is InChI=1S/C14H18N4OS/c1-2-5-18-6-3-14(4-7-18)10(8-15)12(19)17-13(20)11(14)9-16/h10,20H,2-7H2,1H3,(H,17,19)/p+1/t10-/m1/s1. The van der Waals surface area contributed by atoms with Gasteiger partial charge in [-0.25, -0.2) is 0 Å². The average Bonchev–Trinajstić information content (AvgIpc) is 2.42. The molecule has 1 atom stereocenters. The van der Waals surface area contributed by atoms with Crippen LogP contribution in [0.2, 0.25) is 0 Å². The zero-order chi connectivity index (χ0) is 14.8. The molecule has 20 heavy (non-hydrogen) atoms. The van der Waals surface area contributed by atoms with E-state index in [0.29, 0.717) is 23.4 Å². The van der Waals surface area contributed by atoms with E-state index in [1.54, 1.807) is 0 Å². The van der Waals surface area contributed by atoms with Crippen molar-refractivity contribution in [3.8, 4) is 12.1 Å². The van der Waals surface area contributed by atoms with E-state index in [9.17, 15) is 15.3 Å². The zero-order valence-corrected chi connectivity index (χ0v) is 12.5. The summed E-state index contributed by atoms with van der Waals surface area (Å²) in [6.07, 6.45) is 2.51. The summed E-state index contributed by atoms with van der Waals surface area (Å²) in [4.78, 5) is 13.5. The maximum Gasteiger partial charge on any atom is 0.243 e. The Hall–Kier alpha value is -1.50. The van der Waals surface area contributed by atoms with E-state index in [4.69, 9.17) is 0 Å². The highest BCUT2D eigenvalue weighted by atomic mass is 32.1. The number of quaternary nitrogens is 1. The second kappa shape index (κ2) is 5.87. The Morgan fingerprint density at radius 1 is 1.45 bits per heavy atom. The Bertz CT molecular complexity index is 520. The van der Waals surface area contributed by atoms with Crippen molar-refractivity contribution < 1.29 is 9.69 Å². The largest absolute Gasteiger partial charge is 0.335 e. The van der Waals surface area contributed by atoms with E-state index in [-0.39, 0.29) is 5.91 Å². The van der Waals surface area contributed by atoms with Crippen molar-refractivity contribution in [2.75, 3.05) is 19.6 Å². The van der Waals surface area contributed by atoms with E-state index in [0.717, 1.165) is 26.1 Å². The molecule has 1 amide bonds. The topological polar surface area (TPSA) is 81.1 Å². The zero-order valence-electron chi connectivity index (χ0n) is 11.6. The maximum atomic E-state index is 12.0. The van der Waals surface area contributed by atoms with Crippen molar-refractivity contribution in [1.82, 2.24) is 5.32 Å². The van der Waals surface area contributed by atoms with Crippen LogP contribution in [0.4, 0.5) is 0 Å². The van der Waals surface area contributed by atoms with Crippen LogP contribution < -0.4 is 10.2 Å². The molecule has 0 aromatic carbocycles. The fourth-order valence-corrected chi connectivity index (χ4v) is 3.80. The van der Waals surface area contributed by atoms with Gasteiger partial charge in [0.2, 0.25) is 5.91 Å². The molecule has 0 unspecified atom stereocenters. The fraction of sp³-hybridized carbons (Fsp3) is 0.643. The number of nitrogens with zero attached hydrogens (tertiary/aromatic N) is 2. The van der Waals surface area contributed by atoms with E-state index in [1.807, 2.05) is 0 Å². The normalized spacial score (nSPS) is 33.5. The van der Waals surface area contributed by atoms with Crippen LogP contribution in [0.5, 0.6) is 0 Å².